The predicted molar refractivity (Wildman–Crippen MR) is 141 cm³/mol. The van der Waals surface area contributed by atoms with Crippen LogP contribution in [0.2, 0.25) is 0 Å². The molecule has 2 aromatic heterocycles. The number of carbonyl (C=O) groups is 2. The summed E-state index contributed by atoms with van der Waals surface area (Å²) in [5.41, 5.74) is 3.72. The molecule has 2 N–H and O–H groups in total. The number of carbonyl (C=O) groups excluding carboxylic acids is 2. The maximum absolute atomic E-state index is 13.2. The molecular formula is C28H26N4O3S. The first kappa shape index (κ1) is 23.7. The summed E-state index contributed by atoms with van der Waals surface area (Å²) < 4.78 is 1.51. The molecule has 0 atom stereocenters. The molecular weight excluding hydrogens is 472 g/mol. The van der Waals surface area contributed by atoms with Crippen LogP contribution in [0.1, 0.15) is 48.8 Å². The van der Waals surface area contributed by atoms with Crippen molar-refractivity contribution in [2.75, 3.05) is 11.9 Å². The molecule has 2 heterocycles. The number of rotatable bonds is 7. The number of nitrogens with zero attached hydrogens (tertiary/aromatic N) is 2. The lowest BCUT2D eigenvalue weighted by Crippen LogP contribution is -2.29. The van der Waals surface area contributed by atoms with E-state index in [1.165, 1.54) is 22.1 Å². The van der Waals surface area contributed by atoms with Gasteiger partial charge in [0.15, 0.2) is 5.69 Å². The Morgan fingerprint density at radius 3 is 2.67 bits per heavy atom. The average molecular weight is 499 g/mol. The van der Waals surface area contributed by atoms with Gasteiger partial charge in [-0.3, -0.25) is 14.4 Å². The SMILES string of the molecule is Cc1cccc(-n2ccc(=O)c(C(=O)Nc3sc4c(c3C(=O)NCCc3ccccc3)CCC4)n2)c1. The molecule has 36 heavy (non-hydrogen) atoms. The lowest BCUT2D eigenvalue weighted by Gasteiger charge is -2.11. The normalized spacial score (nSPS) is 12.2. The van der Waals surface area contributed by atoms with Gasteiger partial charge < -0.3 is 10.6 Å². The van der Waals surface area contributed by atoms with E-state index in [2.05, 4.69) is 15.7 Å². The Morgan fingerprint density at radius 2 is 1.86 bits per heavy atom. The molecule has 2 aromatic carbocycles. The Labute approximate surface area is 212 Å². The van der Waals surface area contributed by atoms with Crippen LogP contribution < -0.4 is 16.1 Å². The van der Waals surface area contributed by atoms with Gasteiger partial charge in [-0.05, 0) is 61.4 Å². The fraction of sp³-hybridized carbons (Fsp3) is 0.214. The first-order valence-corrected chi connectivity index (χ1v) is 12.8. The summed E-state index contributed by atoms with van der Waals surface area (Å²) in [4.78, 5) is 40.0. The number of nitrogens with one attached hydrogen (secondary N) is 2. The second-order valence-corrected chi connectivity index (χ2v) is 9.92. The predicted octanol–water partition coefficient (Wildman–Crippen LogP) is 4.32. The van der Waals surface area contributed by atoms with Gasteiger partial charge in [0.2, 0.25) is 5.43 Å². The monoisotopic (exact) mass is 498 g/mol. The first-order chi connectivity index (χ1) is 17.5. The smallest absolute Gasteiger partial charge is 0.280 e. The van der Waals surface area contributed by atoms with Crippen molar-refractivity contribution in [1.29, 1.82) is 0 Å². The molecule has 5 rings (SSSR count). The third-order valence-corrected chi connectivity index (χ3v) is 7.41. The lowest BCUT2D eigenvalue weighted by molar-refractivity contribution is 0.0954. The molecule has 0 spiro atoms. The maximum Gasteiger partial charge on any atom is 0.280 e. The first-order valence-electron chi connectivity index (χ1n) is 11.9. The van der Waals surface area contributed by atoms with Crippen LogP contribution in [0, 0.1) is 6.92 Å². The third kappa shape index (κ3) is 4.99. The van der Waals surface area contributed by atoms with Gasteiger partial charge in [-0.1, -0.05) is 42.5 Å². The Balaban J connectivity index is 1.37. The van der Waals surface area contributed by atoms with E-state index in [-0.39, 0.29) is 11.6 Å². The molecule has 4 aromatic rings. The topological polar surface area (TPSA) is 93.1 Å². The van der Waals surface area contributed by atoms with Crippen LogP contribution in [0.5, 0.6) is 0 Å². The van der Waals surface area contributed by atoms with Gasteiger partial charge in [-0.15, -0.1) is 11.3 Å². The molecule has 0 bridgehead atoms. The van der Waals surface area contributed by atoms with Crippen LogP contribution in [0.3, 0.4) is 0 Å². The number of thiophene rings is 1. The summed E-state index contributed by atoms with van der Waals surface area (Å²) in [5.74, 6) is -0.834. The molecule has 0 fully saturated rings. The molecule has 1 aliphatic carbocycles. The minimum atomic E-state index is -0.625. The molecule has 182 valence electrons. The second-order valence-electron chi connectivity index (χ2n) is 8.82. The number of benzene rings is 2. The van der Waals surface area contributed by atoms with E-state index in [0.717, 1.165) is 46.5 Å². The van der Waals surface area contributed by atoms with Crippen LogP contribution in [-0.4, -0.2) is 28.1 Å². The van der Waals surface area contributed by atoms with Crippen molar-refractivity contribution >= 4 is 28.2 Å². The minimum Gasteiger partial charge on any atom is -0.352 e. The zero-order chi connectivity index (χ0) is 25.1. The fourth-order valence-electron chi connectivity index (χ4n) is 4.43. The van der Waals surface area contributed by atoms with E-state index in [9.17, 15) is 14.4 Å². The van der Waals surface area contributed by atoms with Gasteiger partial charge in [0.25, 0.3) is 11.8 Å². The zero-order valence-electron chi connectivity index (χ0n) is 19.9. The fourth-order valence-corrected chi connectivity index (χ4v) is 5.71. The average Bonchev–Trinajstić information content (AvgIpc) is 3.46. The summed E-state index contributed by atoms with van der Waals surface area (Å²) in [6.45, 7) is 2.45. The van der Waals surface area contributed by atoms with Crippen molar-refractivity contribution < 1.29 is 9.59 Å². The number of aromatic nitrogens is 2. The molecule has 1 aliphatic rings. The molecule has 2 amide bonds. The van der Waals surface area contributed by atoms with Gasteiger partial charge in [-0.2, -0.15) is 5.10 Å². The van der Waals surface area contributed by atoms with Crippen LogP contribution in [0.25, 0.3) is 5.69 Å². The highest BCUT2D eigenvalue weighted by molar-refractivity contribution is 7.17. The summed E-state index contributed by atoms with van der Waals surface area (Å²) in [6.07, 6.45) is 4.92. The molecule has 0 aliphatic heterocycles. The van der Waals surface area contributed by atoms with Crippen LogP contribution >= 0.6 is 11.3 Å². The minimum absolute atomic E-state index is 0.209. The molecule has 0 saturated carbocycles. The summed E-state index contributed by atoms with van der Waals surface area (Å²) in [6, 6.07) is 18.9. The standard InChI is InChI=1S/C28H26N4O3S/c1-18-7-5-10-20(17-18)32-16-14-22(33)25(31-32)27(35)30-28-24(21-11-6-12-23(21)36-28)26(34)29-15-13-19-8-3-2-4-9-19/h2-5,7-10,14,16-17H,6,11-13,15H2,1H3,(H,29,34)(H,30,35). The summed E-state index contributed by atoms with van der Waals surface area (Å²) in [5, 5.41) is 10.6. The number of hydrogen-bond acceptors (Lipinski definition) is 5. The van der Waals surface area contributed by atoms with Gasteiger partial charge in [0, 0.05) is 23.7 Å². The van der Waals surface area contributed by atoms with E-state index in [1.807, 2.05) is 61.5 Å². The number of amides is 2. The van der Waals surface area contributed by atoms with Crippen molar-refractivity contribution in [3.05, 3.63) is 110 Å². The van der Waals surface area contributed by atoms with E-state index in [0.29, 0.717) is 23.5 Å². The highest BCUT2D eigenvalue weighted by Gasteiger charge is 2.28. The molecule has 8 heteroatoms. The second kappa shape index (κ2) is 10.3. The van der Waals surface area contributed by atoms with Crippen molar-refractivity contribution in [3.63, 3.8) is 0 Å². The van der Waals surface area contributed by atoms with Crippen molar-refractivity contribution in [2.45, 2.75) is 32.6 Å². The third-order valence-electron chi connectivity index (χ3n) is 6.21. The van der Waals surface area contributed by atoms with Crippen molar-refractivity contribution in [1.82, 2.24) is 15.1 Å². The van der Waals surface area contributed by atoms with E-state index >= 15 is 0 Å². The number of aryl methyl sites for hydroxylation is 2. The van der Waals surface area contributed by atoms with Gasteiger partial charge in [-0.25, -0.2) is 4.68 Å². The number of hydrogen-bond donors (Lipinski definition) is 2. The Hall–Kier alpha value is -4.04. The largest absolute Gasteiger partial charge is 0.352 e. The van der Waals surface area contributed by atoms with Crippen molar-refractivity contribution in [3.8, 4) is 5.69 Å². The van der Waals surface area contributed by atoms with Gasteiger partial charge in [0.1, 0.15) is 5.00 Å². The molecule has 0 unspecified atom stereocenters. The number of anilines is 1. The lowest BCUT2D eigenvalue weighted by atomic mass is 10.1. The zero-order valence-corrected chi connectivity index (χ0v) is 20.7. The Bertz CT molecular complexity index is 1490. The molecule has 7 nitrogen and oxygen atoms in total. The quantitative estimate of drug-likeness (QED) is 0.397. The van der Waals surface area contributed by atoms with E-state index in [1.54, 1.807) is 6.20 Å². The van der Waals surface area contributed by atoms with E-state index < -0.39 is 11.3 Å². The van der Waals surface area contributed by atoms with E-state index in [4.69, 9.17) is 0 Å². The summed E-state index contributed by atoms with van der Waals surface area (Å²) >= 11 is 1.41. The highest BCUT2D eigenvalue weighted by Crippen LogP contribution is 2.39. The summed E-state index contributed by atoms with van der Waals surface area (Å²) in [7, 11) is 0. The van der Waals surface area contributed by atoms with Crippen LogP contribution in [-0.2, 0) is 19.3 Å². The number of fused-ring (bicyclic) bond motifs is 1. The molecule has 0 radical (unpaired) electrons. The van der Waals surface area contributed by atoms with Crippen LogP contribution in [0.4, 0.5) is 5.00 Å². The van der Waals surface area contributed by atoms with Crippen LogP contribution in [0.15, 0.2) is 71.7 Å². The highest BCUT2D eigenvalue weighted by atomic mass is 32.1. The molecule has 0 saturated heterocycles. The van der Waals surface area contributed by atoms with Crippen molar-refractivity contribution in [2.24, 2.45) is 0 Å². The van der Waals surface area contributed by atoms with Gasteiger partial charge in [0.05, 0.1) is 11.3 Å². The Morgan fingerprint density at radius 1 is 1.03 bits per heavy atom. The van der Waals surface area contributed by atoms with Gasteiger partial charge >= 0.3 is 0 Å². The maximum atomic E-state index is 13.2. The Kier molecular flexibility index (Phi) is 6.77.